The lowest BCUT2D eigenvalue weighted by Gasteiger charge is -2.21. The van der Waals surface area contributed by atoms with E-state index in [1.807, 2.05) is 12.1 Å². The third-order valence-corrected chi connectivity index (χ3v) is 5.28. The molecule has 4 rings (SSSR count). The molecule has 8 heteroatoms. The second-order valence-corrected chi connectivity index (χ2v) is 7.24. The molecule has 2 aliphatic heterocycles. The van der Waals surface area contributed by atoms with Gasteiger partial charge in [-0.05, 0) is 48.7 Å². The van der Waals surface area contributed by atoms with E-state index >= 15 is 0 Å². The van der Waals surface area contributed by atoms with Gasteiger partial charge in [0, 0.05) is 12.6 Å². The van der Waals surface area contributed by atoms with Crippen molar-refractivity contribution in [3.63, 3.8) is 0 Å². The highest BCUT2D eigenvalue weighted by molar-refractivity contribution is 6.14. The van der Waals surface area contributed by atoms with E-state index in [-0.39, 0.29) is 24.1 Å². The van der Waals surface area contributed by atoms with Crippen LogP contribution in [-0.4, -0.2) is 54.0 Å². The summed E-state index contributed by atoms with van der Waals surface area (Å²) in [5, 5.41) is 9.21. The van der Waals surface area contributed by atoms with Crippen LogP contribution >= 0.6 is 0 Å². The van der Waals surface area contributed by atoms with Gasteiger partial charge in [0.05, 0.1) is 12.7 Å². The zero-order chi connectivity index (χ0) is 22.0. The van der Waals surface area contributed by atoms with Crippen LogP contribution in [0.3, 0.4) is 0 Å². The van der Waals surface area contributed by atoms with Gasteiger partial charge in [-0.25, -0.2) is 4.79 Å². The van der Waals surface area contributed by atoms with Crippen molar-refractivity contribution >= 4 is 23.7 Å². The number of Topliss-reactive ketones (excluding diaryl/α,β-unsaturated/α-hetero) is 1. The quantitative estimate of drug-likeness (QED) is 0.713. The minimum Gasteiger partial charge on any atom is -0.497 e. The minimum absolute atomic E-state index is 0.190. The molecule has 1 atom stereocenters. The Morgan fingerprint density at radius 1 is 1.19 bits per heavy atom. The third-order valence-electron chi connectivity index (χ3n) is 5.28. The van der Waals surface area contributed by atoms with Crippen molar-refractivity contribution in [2.75, 3.05) is 20.3 Å². The van der Waals surface area contributed by atoms with Crippen LogP contribution in [0.1, 0.15) is 28.8 Å². The van der Waals surface area contributed by atoms with Crippen molar-refractivity contribution in [3.8, 4) is 17.2 Å². The summed E-state index contributed by atoms with van der Waals surface area (Å²) >= 11 is 0. The SMILES string of the molecule is COc1ccc(C=C2Oc3cc(OCC(=O)N4CCC[C@H]4C(=O)O)ccc3C2=O)cc1. The largest absolute Gasteiger partial charge is 0.497 e. The summed E-state index contributed by atoms with van der Waals surface area (Å²) in [7, 11) is 1.58. The van der Waals surface area contributed by atoms with Crippen molar-refractivity contribution in [1.82, 2.24) is 4.90 Å². The second-order valence-electron chi connectivity index (χ2n) is 7.24. The van der Waals surface area contributed by atoms with Gasteiger partial charge in [0.1, 0.15) is 23.3 Å². The number of amides is 1. The Balaban J connectivity index is 1.43. The number of hydrogen-bond donors (Lipinski definition) is 1. The Hall–Kier alpha value is -3.81. The van der Waals surface area contributed by atoms with Crippen LogP contribution in [-0.2, 0) is 9.59 Å². The fourth-order valence-electron chi connectivity index (χ4n) is 3.66. The van der Waals surface area contributed by atoms with Gasteiger partial charge in [0.25, 0.3) is 5.91 Å². The van der Waals surface area contributed by atoms with Crippen LogP contribution in [0.25, 0.3) is 6.08 Å². The van der Waals surface area contributed by atoms with E-state index in [2.05, 4.69) is 0 Å². The lowest BCUT2D eigenvalue weighted by atomic mass is 10.1. The zero-order valence-electron chi connectivity index (χ0n) is 16.9. The van der Waals surface area contributed by atoms with Gasteiger partial charge >= 0.3 is 5.97 Å². The summed E-state index contributed by atoms with van der Waals surface area (Å²) in [6.45, 7) is 0.117. The Bertz CT molecular complexity index is 1060. The van der Waals surface area contributed by atoms with Crippen LogP contribution in [0.2, 0.25) is 0 Å². The van der Waals surface area contributed by atoms with E-state index in [1.54, 1.807) is 43.5 Å². The first kappa shape index (κ1) is 20.5. The number of likely N-dealkylation sites (tertiary alicyclic amines) is 1. The van der Waals surface area contributed by atoms with Crippen LogP contribution in [0.4, 0.5) is 0 Å². The van der Waals surface area contributed by atoms with Gasteiger partial charge in [-0.2, -0.15) is 0 Å². The highest BCUT2D eigenvalue weighted by Crippen LogP contribution is 2.35. The van der Waals surface area contributed by atoms with E-state index in [4.69, 9.17) is 14.2 Å². The highest BCUT2D eigenvalue weighted by Gasteiger charge is 2.34. The van der Waals surface area contributed by atoms with E-state index in [1.165, 1.54) is 4.90 Å². The molecule has 1 saturated heterocycles. The molecule has 0 aliphatic carbocycles. The maximum Gasteiger partial charge on any atom is 0.326 e. The number of carbonyl (C=O) groups excluding carboxylic acids is 2. The van der Waals surface area contributed by atoms with E-state index in [0.29, 0.717) is 42.2 Å². The number of ketones is 1. The monoisotopic (exact) mass is 423 g/mol. The molecule has 2 aliphatic rings. The van der Waals surface area contributed by atoms with E-state index in [9.17, 15) is 19.5 Å². The molecule has 0 bridgehead atoms. The van der Waals surface area contributed by atoms with Crippen molar-refractivity contribution in [1.29, 1.82) is 0 Å². The Morgan fingerprint density at radius 3 is 2.65 bits per heavy atom. The van der Waals surface area contributed by atoms with Gasteiger partial charge < -0.3 is 24.2 Å². The zero-order valence-corrected chi connectivity index (χ0v) is 16.9. The number of carbonyl (C=O) groups is 3. The minimum atomic E-state index is -1.01. The number of benzene rings is 2. The molecule has 1 N–H and O–H groups in total. The van der Waals surface area contributed by atoms with Crippen molar-refractivity contribution in [2.24, 2.45) is 0 Å². The normalized spacial score (nSPS) is 18.6. The summed E-state index contributed by atoms with van der Waals surface area (Å²) in [4.78, 5) is 37.5. The second kappa shape index (κ2) is 8.51. The molecule has 31 heavy (non-hydrogen) atoms. The Kier molecular flexibility index (Phi) is 5.62. The molecule has 8 nitrogen and oxygen atoms in total. The molecular weight excluding hydrogens is 402 g/mol. The fraction of sp³-hybridized carbons (Fsp3) is 0.261. The molecule has 0 unspecified atom stereocenters. The lowest BCUT2D eigenvalue weighted by molar-refractivity contribution is -0.148. The smallest absolute Gasteiger partial charge is 0.326 e. The number of nitrogens with zero attached hydrogens (tertiary/aromatic N) is 1. The average molecular weight is 423 g/mol. The molecule has 2 aromatic rings. The number of allylic oxidation sites excluding steroid dienone is 1. The molecule has 1 amide bonds. The predicted octanol–water partition coefficient (Wildman–Crippen LogP) is 2.77. The van der Waals surface area contributed by atoms with Crippen molar-refractivity contribution in [2.45, 2.75) is 18.9 Å². The Labute approximate surface area is 178 Å². The molecule has 2 aromatic carbocycles. The number of hydrogen-bond acceptors (Lipinski definition) is 6. The molecule has 160 valence electrons. The number of ether oxygens (including phenoxy) is 3. The summed E-state index contributed by atoms with van der Waals surface area (Å²) in [6, 6.07) is 11.1. The van der Waals surface area contributed by atoms with E-state index < -0.39 is 12.0 Å². The fourth-order valence-corrected chi connectivity index (χ4v) is 3.66. The van der Waals surface area contributed by atoms with Gasteiger partial charge in [-0.15, -0.1) is 0 Å². The first-order valence-corrected chi connectivity index (χ1v) is 9.83. The number of fused-ring (bicyclic) bond motifs is 1. The molecule has 0 radical (unpaired) electrons. The summed E-state index contributed by atoms with van der Waals surface area (Å²) in [5.74, 6) is -0.0291. The first-order valence-electron chi connectivity index (χ1n) is 9.83. The molecular formula is C23H21NO7. The average Bonchev–Trinajstić information content (AvgIpc) is 3.38. The topological polar surface area (TPSA) is 102 Å². The standard InChI is InChI=1S/C23H21NO7/c1-29-15-6-4-14(5-7-15)11-20-22(26)17-9-8-16(12-19(17)31-20)30-13-21(25)24-10-2-3-18(24)23(27)28/h4-9,11-12,18H,2-3,10,13H2,1H3,(H,27,28)/t18-/m0/s1. The summed E-state index contributed by atoms with van der Waals surface area (Å²) in [6.07, 6.45) is 2.74. The van der Waals surface area contributed by atoms with Gasteiger partial charge in [0.2, 0.25) is 5.78 Å². The van der Waals surface area contributed by atoms with E-state index in [0.717, 1.165) is 5.56 Å². The molecule has 0 aromatic heterocycles. The van der Waals surface area contributed by atoms with Crippen molar-refractivity contribution < 1.29 is 33.7 Å². The van der Waals surface area contributed by atoms with Gasteiger partial charge in [0.15, 0.2) is 12.4 Å². The number of carboxylic acid groups (broad SMARTS) is 1. The van der Waals surface area contributed by atoms with Crippen LogP contribution in [0, 0.1) is 0 Å². The number of rotatable bonds is 6. The molecule has 1 fully saturated rings. The van der Waals surface area contributed by atoms with Crippen LogP contribution < -0.4 is 14.2 Å². The first-order chi connectivity index (χ1) is 15.0. The molecule has 0 saturated carbocycles. The summed E-state index contributed by atoms with van der Waals surface area (Å²) < 4.78 is 16.4. The summed E-state index contributed by atoms with van der Waals surface area (Å²) in [5.41, 5.74) is 1.20. The van der Waals surface area contributed by atoms with Crippen LogP contribution in [0.5, 0.6) is 17.2 Å². The van der Waals surface area contributed by atoms with Gasteiger partial charge in [-0.1, -0.05) is 12.1 Å². The number of carboxylic acids is 1. The van der Waals surface area contributed by atoms with Crippen molar-refractivity contribution in [3.05, 3.63) is 59.4 Å². The third kappa shape index (κ3) is 4.23. The molecule has 2 heterocycles. The highest BCUT2D eigenvalue weighted by atomic mass is 16.5. The van der Waals surface area contributed by atoms with Crippen LogP contribution in [0.15, 0.2) is 48.2 Å². The molecule has 0 spiro atoms. The maximum absolute atomic E-state index is 12.6. The predicted molar refractivity (Wildman–Crippen MR) is 110 cm³/mol. The van der Waals surface area contributed by atoms with Gasteiger partial charge in [-0.3, -0.25) is 9.59 Å². The number of methoxy groups -OCH3 is 1. The Morgan fingerprint density at radius 2 is 1.94 bits per heavy atom. The maximum atomic E-state index is 12.6. The lowest BCUT2D eigenvalue weighted by Crippen LogP contribution is -2.42. The number of aliphatic carboxylic acids is 1.